The van der Waals surface area contributed by atoms with E-state index in [-0.39, 0.29) is 0 Å². The highest BCUT2D eigenvalue weighted by molar-refractivity contribution is 6.13. The first kappa shape index (κ1) is 13.5. The van der Waals surface area contributed by atoms with E-state index < -0.39 is 0 Å². The first-order valence-corrected chi connectivity index (χ1v) is 7.68. The first-order chi connectivity index (χ1) is 11.4. The summed E-state index contributed by atoms with van der Waals surface area (Å²) in [5.74, 6) is 0.892. The Morgan fingerprint density at radius 2 is 1.00 bits per heavy atom. The van der Waals surface area contributed by atoms with Crippen molar-refractivity contribution in [2.24, 2.45) is 0 Å². The topological polar surface area (TPSA) is 26.1 Å². The third-order valence-corrected chi connectivity index (χ3v) is 3.86. The van der Waals surface area contributed by atoms with Gasteiger partial charge in [-0.25, -0.2) is 5.32 Å². The molecule has 3 aromatic carbocycles. The van der Waals surface area contributed by atoms with Crippen LogP contribution in [0.3, 0.4) is 0 Å². The van der Waals surface area contributed by atoms with Crippen LogP contribution in [0.4, 0.5) is 0 Å². The SMILES string of the molecule is c1ccc(C2=[N+]C(c3ccccc3)=C(c3ccccc3)N2)cc1. The second-order valence-electron chi connectivity index (χ2n) is 5.41. The van der Waals surface area contributed by atoms with Crippen LogP contribution < -0.4 is 10.3 Å². The molecule has 0 spiro atoms. The maximum atomic E-state index is 4.87. The van der Waals surface area contributed by atoms with Gasteiger partial charge in [-0.1, -0.05) is 78.9 Å². The lowest BCUT2D eigenvalue weighted by Crippen LogP contribution is -2.20. The second-order valence-corrected chi connectivity index (χ2v) is 5.41. The van der Waals surface area contributed by atoms with E-state index in [0.717, 1.165) is 33.9 Å². The van der Waals surface area contributed by atoms with Crippen molar-refractivity contribution in [3.05, 3.63) is 108 Å². The summed E-state index contributed by atoms with van der Waals surface area (Å²) in [6.45, 7) is 0. The van der Waals surface area contributed by atoms with Crippen LogP contribution in [-0.4, -0.2) is 5.84 Å². The van der Waals surface area contributed by atoms with Crippen LogP contribution in [0.1, 0.15) is 16.7 Å². The molecule has 0 saturated heterocycles. The molecule has 1 N–H and O–H groups in total. The molecule has 0 saturated carbocycles. The normalized spacial score (nSPS) is 13.7. The molecule has 2 nitrogen and oxygen atoms in total. The quantitative estimate of drug-likeness (QED) is 0.779. The van der Waals surface area contributed by atoms with Crippen LogP contribution in [-0.2, 0) is 0 Å². The number of hydrogen-bond donors (Lipinski definition) is 1. The van der Waals surface area contributed by atoms with Gasteiger partial charge in [0.1, 0.15) is 0 Å². The average molecular weight is 296 g/mol. The number of amidine groups is 1. The van der Waals surface area contributed by atoms with Gasteiger partial charge in [0.25, 0.3) is 0 Å². The van der Waals surface area contributed by atoms with Gasteiger partial charge in [0.2, 0.25) is 5.70 Å². The van der Waals surface area contributed by atoms with E-state index in [1.165, 1.54) is 0 Å². The molecule has 0 aromatic heterocycles. The molecule has 1 aliphatic rings. The highest BCUT2D eigenvalue weighted by Gasteiger charge is 2.31. The van der Waals surface area contributed by atoms with Crippen LogP contribution in [0.5, 0.6) is 0 Å². The minimum atomic E-state index is 0.892. The van der Waals surface area contributed by atoms with Crippen LogP contribution in [0.15, 0.2) is 91.0 Å². The lowest BCUT2D eigenvalue weighted by atomic mass is 10.1. The molecule has 109 valence electrons. The van der Waals surface area contributed by atoms with Gasteiger partial charge < -0.3 is 0 Å². The van der Waals surface area contributed by atoms with Gasteiger partial charge in [-0.3, -0.25) is 0 Å². The Morgan fingerprint density at radius 3 is 1.57 bits per heavy atom. The molecule has 23 heavy (non-hydrogen) atoms. The second kappa shape index (κ2) is 5.93. The molecule has 0 fully saturated rings. The van der Waals surface area contributed by atoms with Gasteiger partial charge >= 0.3 is 5.84 Å². The van der Waals surface area contributed by atoms with Gasteiger partial charge in [0.05, 0.1) is 5.56 Å². The van der Waals surface area contributed by atoms with Crippen LogP contribution in [0.25, 0.3) is 11.4 Å². The third-order valence-electron chi connectivity index (χ3n) is 3.86. The van der Waals surface area contributed by atoms with Crippen LogP contribution in [0, 0.1) is 0 Å². The van der Waals surface area contributed by atoms with E-state index in [4.69, 9.17) is 4.99 Å². The Hall–Kier alpha value is -3.13. The van der Waals surface area contributed by atoms with Crippen molar-refractivity contribution in [2.45, 2.75) is 0 Å². The van der Waals surface area contributed by atoms with Crippen molar-refractivity contribution < 1.29 is 0 Å². The zero-order valence-corrected chi connectivity index (χ0v) is 12.6. The number of nitrogens with zero attached hydrogens (tertiary/aromatic N) is 1. The molecular weight excluding hydrogens is 280 g/mol. The summed E-state index contributed by atoms with van der Waals surface area (Å²) in [7, 11) is 0. The molecule has 4 rings (SSSR count). The van der Waals surface area contributed by atoms with E-state index in [9.17, 15) is 0 Å². The minimum absolute atomic E-state index is 0.892. The number of hydrogen-bond acceptors (Lipinski definition) is 2. The number of rotatable bonds is 3. The molecule has 0 atom stereocenters. The molecule has 1 aliphatic heterocycles. The fraction of sp³-hybridized carbons (Fsp3) is 0. The fourth-order valence-electron chi connectivity index (χ4n) is 2.72. The minimum Gasteiger partial charge on any atom is -0.233 e. The molecule has 1 radical (unpaired) electrons. The summed E-state index contributed by atoms with van der Waals surface area (Å²) >= 11 is 0. The Morgan fingerprint density at radius 1 is 0.522 bits per heavy atom. The molecular formula is C21H16N2+. The fourth-order valence-corrected chi connectivity index (χ4v) is 2.72. The van der Waals surface area contributed by atoms with Gasteiger partial charge in [-0.05, 0) is 17.1 Å². The summed E-state index contributed by atoms with van der Waals surface area (Å²) in [6, 6.07) is 30.9. The third kappa shape index (κ3) is 2.67. The Bertz CT molecular complexity index is 863. The van der Waals surface area contributed by atoms with E-state index in [1.54, 1.807) is 0 Å². The summed E-state index contributed by atoms with van der Waals surface area (Å²) < 4.78 is 0. The van der Waals surface area contributed by atoms with Crippen LogP contribution >= 0.6 is 0 Å². The maximum absolute atomic E-state index is 4.87. The molecule has 0 unspecified atom stereocenters. The van der Waals surface area contributed by atoms with Crippen molar-refractivity contribution in [2.75, 3.05) is 0 Å². The maximum Gasteiger partial charge on any atom is 0.329 e. The standard InChI is InChI=1S/C21H16N2/c1-4-10-16(11-5-1)19-20(17-12-6-2-7-13-17)23-21(22-19)18-14-8-3-9-15-18/h1-15,22H/q+1. The Kier molecular flexibility index (Phi) is 3.49. The highest BCUT2D eigenvalue weighted by atomic mass is 15.1. The molecule has 0 aliphatic carbocycles. The number of aliphatic imine (C=N–C) groups is 1. The molecule has 0 amide bonds. The summed E-state index contributed by atoms with van der Waals surface area (Å²) in [5, 5.41) is 3.50. The van der Waals surface area contributed by atoms with E-state index in [1.807, 2.05) is 54.6 Å². The smallest absolute Gasteiger partial charge is 0.233 e. The largest absolute Gasteiger partial charge is 0.329 e. The Labute approximate surface area is 135 Å². The predicted molar refractivity (Wildman–Crippen MR) is 95.5 cm³/mol. The molecule has 2 heteroatoms. The lowest BCUT2D eigenvalue weighted by molar-refractivity contribution is 1.30. The molecule has 3 aromatic rings. The summed E-state index contributed by atoms with van der Waals surface area (Å²) in [4.78, 5) is 4.87. The number of nitrogens with one attached hydrogen (secondary N) is 1. The molecule has 1 heterocycles. The highest BCUT2D eigenvalue weighted by Crippen LogP contribution is 2.26. The van der Waals surface area contributed by atoms with Crippen molar-refractivity contribution in [1.29, 1.82) is 0 Å². The zero-order valence-electron chi connectivity index (χ0n) is 12.6. The van der Waals surface area contributed by atoms with Gasteiger partial charge in [-0.15, -0.1) is 0 Å². The number of benzene rings is 3. The van der Waals surface area contributed by atoms with Crippen molar-refractivity contribution in [3.63, 3.8) is 0 Å². The van der Waals surface area contributed by atoms with Crippen LogP contribution in [0.2, 0.25) is 0 Å². The monoisotopic (exact) mass is 296 g/mol. The summed E-state index contributed by atoms with van der Waals surface area (Å²) in [6.07, 6.45) is 0. The van der Waals surface area contributed by atoms with Crippen molar-refractivity contribution in [1.82, 2.24) is 10.3 Å². The van der Waals surface area contributed by atoms with Crippen molar-refractivity contribution >= 4 is 17.2 Å². The average Bonchev–Trinajstić information content (AvgIpc) is 3.09. The van der Waals surface area contributed by atoms with E-state index >= 15 is 0 Å². The predicted octanol–water partition coefficient (Wildman–Crippen LogP) is 3.90. The first-order valence-electron chi connectivity index (χ1n) is 7.68. The molecule has 0 bridgehead atoms. The van der Waals surface area contributed by atoms with Gasteiger partial charge in [0, 0.05) is 11.1 Å². The summed E-state index contributed by atoms with van der Waals surface area (Å²) in [5.41, 5.74) is 5.38. The van der Waals surface area contributed by atoms with Crippen molar-refractivity contribution in [3.8, 4) is 0 Å². The Balaban J connectivity index is 1.82. The van der Waals surface area contributed by atoms with E-state index in [2.05, 4.69) is 41.7 Å². The van der Waals surface area contributed by atoms with Gasteiger partial charge in [-0.2, -0.15) is 0 Å². The lowest BCUT2D eigenvalue weighted by Gasteiger charge is -2.01. The zero-order chi connectivity index (χ0) is 15.5. The van der Waals surface area contributed by atoms with E-state index in [0.29, 0.717) is 0 Å². The van der Waals surface area contributed by atoms with Gasteiger partial charge in [0.15, 0.2) is 5.70 Å².